The van der Waals surface area contributed by atoms with Crippen LogP contribution in [-0.4, -0.2) is 26.0 Å². The van der Waals surface area contributed by atoms with Gasteiger partial charge in [-0.05, 0) is 17.5 Å². The van der Waals surface area contributed by atoms with Crippen LogP contribution in [0.4, 0.5) is 5.69 Å². The molecule has 0 unspecified atom stereocenters. The van der Waals surface area contributed by atoms with Gasteiger partial charge in [0.2, 0.25) is 5.90 Å². The molecule has 2 N–H and O–H groups in total. The number of aliphatic hydroxyl groups excluding tert-OH is 1. The molecule has 1 aromatic carbocycles. The summed E-state index contributed by atoms with van der Waals surface area (Å²) in [4.78, 5) is 0. The summed E-state index contributed by atoms with van der Waals surface area (Å²) in [6.07, 6.45) is 0. The summed E-state index contributed by atoms with van der Waals surface area (Å²) in [5.74, 6) is -0.158. The first kappa shape index (κ1) is 13.7. The zero-order chi connectivity index (χ0) is 14.3. The zero-order valence-electron chi connectivity index (χ0n) is 11.0. The summed E-state index contributed by atoms with van der Waals surface area (Å²) in [5.41, 5.74) is 0.476. The largest absolute Gasteiger partial charge is 0.492 e. The van der Waals surface area contributed by atoms with Gasteiger partial charge in [-0.2, -0.15) is 8.42 Å². The predicted octanol–water partition coefficient (Wildman–Crippen LogP) is 2.09. The van der Waals surface area contributed by atoms with E-state index in [1.54, 1.807) is 18.2 Å². The molecule has 0 saturated carbocycles. The van der Waals surface area contributed by atoms with E-state index in [4.69, 9.17) is 4.74 Å². The Morgan fingerprint density at radius 2 is 2.05 bits per heavy atom. The van der Waals surface area contributed by atoms with E-state index in [9.17, 15) is 13.5 Å². The monoisotopic (exact) mass is 284 g/mol. The third kappa shape index (κ3) is 3.17. The van der Waals surface area contributed by atoms with Gasteiger partial charge in [-0.25, -0.2) is 0 Å². The van der Waals surface area contributed by atoms with Crippen LogP contribution in [0, 0.1) is 5.41 Å². The second-order valence-corrected chi connectivity index (χ2v) is 6.86. The van der Waals surface area contributed by atoms with E-state index in [0.717, 1.165) is 0 Å². The van der Waals surface area contributed by atoms with Gasteiger partial charge in [0.05, 0.1) is 12.3 Å². The van der Waals surface area contributed by atoms with Crippen molar-refractivity contribution in [1.82, 2.24) is 0 Å². The number of benzene rings is 1. The van der Waals surface area contributed by atoms with Crippen molar-refractivity contribution in [2.24, 2.45) is 9.81 Å². The number of fused-ring (bicyclic) bond motifs is 1. The second-order valence-electron chi connectivity index (χ2n) is 5.52. The van der Waals surface area contributed by atoms with Crippen molar-refractivity contribution >= 4 is 21.8 Å². The molecule has 1 aliphatic heterocycles. The Balaban J connectivity index is 2.40. The van der Waals surface area contributed by atoms with Crippen molar-refractivity contribution in [3.8, 4) is 5.75 Å². The lowest BCUT2D eigenvalue weighted by molar-refractivity contribution is 0.197. The third-order valence-corrected chi connectivity index (χ3v) is 3.25. The molecule has 0 fully saturated rings. The molecule has 0 saturated heterocycles. The Labute approximate surface area is 112 Å². The SMILES string of the molecule is CC(C)(C)COc1cccc2c1C(O)=NS(=O)(=O)N2. The van der Waals surface area contributed by atoms with Gasteiger partial charge < -0.3 is 9.84 Å². The van der Waals surface area contributed by atoms with Crippen LogP contribution in [-0.2, 0) is 10.2 Å². The Kier molecular flexibility index (Phi) is 3.17. The van der Waals surface area contributed by atoms with Crippen LogP contribution < -0.4 is 9.46 Å². The van der Waals surface area contributed by atoms with E-state index in [0.29, 0.717) is 12.4 Å². The van der Waals surface area contributed by atoms with Crippen LogP contribution in [0.1, 0.15) is 26.3 Å². The first-order valence-corrected chi connectivity index (χ1v) is 7.20. The molecule has 104 valence electrons. The van der Waals surface area contributed by atoms with Crippen molar-refractivity contribution in [3.63, 3.8) is 0 Å². The summed E-state index contributed by atoms with van der Waals surface area (Å²) in [7, 11) is -3.87. The molecule has 0 atom stereocenters. The standard InChI is InChI=1S/C12H16N2O4S/c1-12(2,3)7-18-9-6-4-5-8-10(9)11(15)14-19(16,17)13-8/h4-6,13H,7H2,1-3H3,(H,14,15). The van der Waals surface area contributed by atoms with Crippen LogP contribution in [0.25, 0.3) is 0 Å². The highest BCUT2D eigenvalue weighted by Gasteiger charge is 2.26. The Morgan fingerprint density at radius 1 is 1.37 bits per heavy atom. The predicted molar refractivity (Wildman–Crippen MR) is 73.1 cm³/mol. The third-order valence-electron chi connectivity index (χ3n) is 2.36. The molecule has 0 radical (unpaired) electrons. The maximum absolute atomic E-state index is 11.4. The Bertz CT molecular complexity index is 630. The first-order valence-electron chi connectivity index (χ1n) is 5.76. The topological polar surface area (TPSA) is 88.0 Å². The lowest BCUT2D eigenvalue weighted by atomic mass is 9.98. The molecule has 1 aliphatic rings. The zero-order valence-corrected chi connectivity index (χ0v) is 11.8. The number of rotatable bonds is 2. The number of nitrogens with one attached hydrogen (secondary N) is 1. The van der Waals surface area contributed by atoms with Crippen molar-refractivity contribution < 1.29 is 18.3 Å². The highest BCUT2D eigenvalue weighted by Crippen LogP contribution is 2.31. The maximum Gasteiger partial charge on any atom is 0.345 e. The van der Waals surface area contributed by atoms with Gasteiger partial charge in [0, 0.05) is 0 Å². The number of hydrogen-bond donors (Lipinski definition) is 2. The smallest absolute Gasteiger partial charge is 0.345 e. The molecule has 1 heterocycles. The van der Waals surface area contributed by atoms with Gasteiger partial charge in [0.1, 0.15) is 11.3 Å². The van der Waals surface area contributed by atoms with Gasteiger partial charge in [-0.1, -0.05) is 26.8 Å². The summed E-state index contributed by atoms with van der Waals surface area (Å²) in [6.45, 7) is 6.47. The second kappa shape index (κ2) is 4.41. The summed E-state index contributed by atoms with van der Waals surface area (Å²) >= 11 is 0. The fourth-order valence-electron chi connectivity index (χ4n) is 1.58. The minimum atomic E-state index is -3.87. The summed E-state index contributed by atoms with van der Waals surface area (Å²) < 4.78 is 33.8. The van der Waals surface area contributed by atoms with Crippen molar-refractivity contribution in [3.05, 3.63) is 23.8 Å². The normalized spacial score (nSPS) is 17.1. The molecule has 2 rings (SSSR count). The van der Waals surface area contributed by atoms with Crippen LogP contribution in [0.2, 0.25) is 0 Å². The van der Waals surface area contributed by atoms with Crippen LogP contribution in [0.3, 0.4) is 0 Å². The number of aliphatic hydroxyl groups is 1. The number of anilines is 1. The molecule has 19 heavy (non-hydrogen) atoms. The molecule has 0 aliphatic carbocycles. The molecule has 0 aromatic heterocycles. The minimum absolute atomic E-state index is 0.0519. The molecule has 7 heteroatoms. The quantitative estimate of drug-likeness (QED) is 0.870. The average molecular weight is 284 g/mol. The summed E-state index contributed by atoms with van der Waals surface area (Å²) in [5, 5.41) is 9.76. The molecular weight excluding hydrogens is 268 g/mol. The maximum atomic E-state index is 11.4. The lowest BCUT2D eigenvalue weighted by Gasteiger charge is -2.22. The molecule has 1 aromatic rings. The van der Waals surface area contributed by atoms with Crippen LogP contribution >= 0.6 is 0 Å². The van der Waals surface area contributed by atoms with E-state index >= 15 is 0 Å². The molecule has 0 spiro atoms. The van der Waals surface area contributed by atoms with Crippen LogP contribution in [0.15, 0.2) is 22.6 Å². The molecule has 6 nitrogen and oxygen atoms in total. The van der Waals surface area contributed by atoms with Gasteiger partial charge in [0.15, 0.2) is 0 Å². The van der Waals surface area contributed by atoms with Crippen LogP contribution in [0.5, 0.6) is 5.75 Å². The van der Waals surface area contributed by atoms with Gasteiger partial charge in [0.25, 0.3) is 0 Å². The summed E-state index contributed by atoms with van der Waals surface area (Å²) in [6, 6.07) is 4.86. The fraction of sp³-hybridized carbons (Fsp3) is 0.417. The van der Waals surface area contributed by atoms with Gasteiger partial charge in [-0.3, -0.25) is 4.72 Å². The van der Waals surface area contributed by atoms with E-state index in [1.807, 2.05) is 20.8 Å². The molecule has 0 bridgehead atoms. The number of ether oxygens (including phenoxy) is 1. The van der Waals surface area contributed by atoms with Crippen molar-refractivity contribution in [1.29, 1.82) is 0 Å². The highest BCUT2D eigenvalue weighted by atomic mass is 32.2. The average Bonchev–Trinajstić information content (AvgIpc) is 2.22. The molecule has 0 amide bonds. The van der Waals surface area contributed by atoms with E-state index < -0.39 is 16.1 Å². The van der Waals surface area contributed by atoms with E-state index in [2.05, 4.69) is 9.12 Å². The van der Waals surface area contributed by atoms with Crippen molar-refractivity contribution in [2.45, 2.75) is 20.8 Å². The first-order chi connectivity index (χ1) is 8.68. The van der Waals surface area contributed by atoms with Crippen molar-refractivity contribution in [2.75, 3.05) is 11.3 Å². The van der Waals surface area contributed by atoms with E-state index in [-0.39, 0.29) is 16.7 Å². The fourth-order valence-corrected chi connectivity index (χ4v) is 2.40. The van der Waals surface area contributed by atoms with E-state index in [1.165, 1.54) is 0 Å². The number of hydrogen-bond acceptors (Lipinski definition) is 3. The molecular formula is C12H16N2O4S. The highest BCUT2D eigenvalue weighted by molar-refractivity contribution is 7.91. The minimum Gasteiger partial charge on any atom is -0.492 e. The Morgan fingerprint density at radius 3 is 2.68 bits per heavy atom. The Hall–Kier alpha value is -1.76. The lowest BCUT2D eigenvalue weighted by Crippen LogP contribution is -2.23. The van der Waals surface area contributed by atoms with Gasteiger partial charge >= 0.3 is 10.2 Å². The van der Waals surface area contributed by atoms with Gasteiger partial charge in [-0.15, -0.1) is 4.40 Å². The number of nitrogens with zero attached hydrogens (tertiary/aromatic N) is 1.